The number of rotatable bonds is 3. The lowest BCUT2D eigenvalue weighted by atomic mass is 10.2. The Hall–Kier alpha value is -1.52. The van der Waals surface area contributed by atoms with Gasteiger partial charge in [0, 0.05) is 21.8 Å². The van der Waals surface area contributed by atoms with Crippen LogP contribution in [0.25, 0.3) is 0 Å². The maximum absolute atomic E-state index is 12.0. The number of methoxy groups -OCH3 is 1. The monoisotopic (exact) mass is 339 g/mol. The minimum absolute atomic E-state index is 0.189. The van der Waals surface area contributed by atoms with E-state index in [0.29, 0.717) is 22.0 Å². The smallest absolute Gasteiger partial charge is 0.255 e. The van der Waals surface area contributed by atoms with Gasteiger partial charge in [0.1, 0.15) is 5.75 Å². The van der Waals surface area contributed by atoms with E-state index in [1.54, 1.807) is 36.4 Å². The zero-order valence-corrected chi connectivity index (χ0v) is 12.5. The van der Waals surface area contributed by atoms with E-state index >= 15 is 0 Å². The number of nitrogens with one attached hydrogen (secondary N) is 1. The van der Waals surface area contributed by atoms with Gasteiger partial charge in [0.05, 0.1) is 12.1 Å². The van der Waals surface area contributed by atoms with E-state index in [-0.39, 0.29) is 5.91 Å². The molecular formula is C14H11BrClNO2. The first-order valence-corrected chi connectivity index (χ1v) is 6.67. The van der Waals surface area contributed by atoms with Gasteiger partial charge in [-0.15, -0.1) is 0 Å². The summed E-state index contributed by atoms with van der Waals surface area (Å²) < 4.78 is 5.96. The predicted octanol–water partition coefficient (Wildman–Crippen LogP) is 4.36. The highest BCUT2D eigenvalue weighted by atomic mass is 79.9. The molecule has 0 aliphatic carbocycles. The average molecular weight is 341 g/mol. The van der Waals surface area contributed by atoms with E-state index in [1.165, 1.54) is 7.11 Å². The summed E-state index contributed by atoms with van der Waals surface area (Å²) in [6.07, 6.45) is 0. The van der Waals surface area contributed by atoms with E-state index in [2.05, 4.69) is 21.2 Å². The molecule has 1 N–H and O–H groups in total. The summed E-state index contributed by atoms with van der Waals surface area (Å²) in [5.74, 6) is 0.333. The van der Waals surface area contributed by atoms with Crippen LogP contribution in [0.2, 0.25) is 5.02 Å². The first-order valence-electron chi connectivity index (χ1n) is 5.50. The lowest BCUT2D eigenvalue weighted by Crippen LogP contribution is -2.11. The third kappa shape index (κ3) is 3.49. The molecule has 0 heterocycles. The van der Waals surface area contributed by atoms with Gasteiger partial charge in [-0.1, -0.05) is 33.6 Å². The Morgan fingerprint density at radius 1 is 1.26 bits per heavy atom. The summed E-state index contributed by atoms with van der Waals surface area (Å²) in [7, 11) is 1.53. The van der Waals surface area contributed by atoms with Crippen LogP contribution in [-0.2, 0) is 0 Å². The molecule has 0 fully saturated rings. The van der Waals surface area contributed by atoms with E-state index < -0.39 is 0 Å². The molecule has 1 amide bonds. The van der Waals surface area contributed by atoms with Crippen molar-refractivity contribution in [3.63, 3.8) is 0 Å². The number of anilines is 1. The van der Waals surface area contributed by atoms with Gasteiger partial charge >= 0.3 is 0 Å². The SMILES string of the molecule is COc1cc(NC(=O)c2cccc(Br)c2)ccc1Cl. The van der Waals surface area contributed by atoms with Crippen molar-refractivity contribution in [2.24, 2.45) is 0 Å². The van der Waals surface area contributed by atoms with Crippen LogP contribution in [-0.4, -0.2) is 13.0 Å². The maximum Gasteiger partial charge on any atom is 0.255 e. The molecular weight excluding hydrogens is 330 g/mol. The Morgan fingerprint density at radius 2 is 2.05 bits per heavy atom. The molecule has 98 valence electrons. The fourth-order valence-corrected chi connectivity index (χ4v) is 2.16. The van der Waals surface area contributed by atoms with Crippen LogP contribution in [0.4, 0.5) is 5.69 Å². The second kappa shape index (κ2) is 6.08. The van der Waals surface area contributed by atoms with Crippen LogP contribution in [0.15, 0.2) is 46.9 Å². The fourth-order valence-electron chi connectivity index (χ4n) is 1.57. The molecule has 0 aliphatic heterocycles. The molecule has 2 aromatic carbocycles. The summed E-state index contributed by atoms with van der Waals surface area (Å²) in [5, 5.41) is 3.29. The van der Waals surface area contributed by atoms with Crippen molar-refractivity contribution >= 4 is 39.1 Å². The van der Waals surface area contributed by atoms with Gasteiger partial charge in [0.25, 0.3) is 5.91 Å². The maximum atomic E-state index is 12.0. The van der Waals surface area contributed by atoms with Crippen LogP contribution < -0.4 is 10.1 Å². The Balaban J connectivity index is 2.19. The van der Waals surface area contributed by atoms with Gasteiger partial charge in [-0.3, -0.25) is 4.79 Å². The number of halogens is 2. The largest absolute Gasteiger partial charge is 0.495 e. The van der Waals surface area contributed by atoms with Crippen LogP contribution in [0.5, 0.6) is 5.75 Å². The highest BCUT2D eigenvalue weighted by Crippen LogP contribution is 2.27. The standard InChI is InChI=1S/C14H11BrClNO2/c1-19-13-8-11(5-6-12(13)16)17-14(18)9-3-2-4-10(15)7-9/h2-8H,1H3,(H,17,18). The van der Waals surface area contributed by atoms with Gasteiger partial charge in [-0.25, -0.2) is 0 Å². The molecule has 0 aliphatic rings. The Morgan fingerprint density at radius 3 is 2.74 bits per heavy atom. The van der Waals surface area contributed by atoms with Crippen molar-refractivity contribution in [2.75, 3.05) is 12.4 Å². The molecule has 2 rings (SSSR count). The highest BCUT2D eigenvalue weighted by Gasteiger charge is 2.08. The number of hydrogen-bond donors (Lipinski definition) is 1. The zero-order valence-electron chi connectivity index (χ0n) is 10.1. The van der Waals surface area contributed by atoms with Gasteiger partial charge in [-0.05, 0) is 30.3 Å². The highest BCUT2D eigenvalue weighted by molar-refractivity contribution is 9.10. The first-order chi connectivity index (χ1) is 9.10. The Bertz CT molecular complexity index is 616. The minimum atomic E-state index is -0.189. The van der Waals surface area contributed by atoms with Gasteiger partial charge in [0.2, 0.25) is 0 Å². The number of amides is 1. The summed E-state index contributed by atoms with van der Waals surface area (Å²) in [6, 6.07) is 12.2. The summed E-state index contributed by atoms with van der Waals surface area (Å²) in [5.41, 5.74) is 1.20. The quantitative estimate of drug-likeness (QED) is 0.901. The van der Waals surface area contributed by atoms with Crippen LogP contribution in [0.1, 0.15) is 10.4 Å². The fraction of sp³-hybridized carbons (Fsp3) is 0.0714. The predicted molar refractivity (Wildman–Crippen MR) is 80.1 cm³/mol. The molecule has 0 saturated carbocycles. The van der Waals surface area contributed by atoms with E-state index in [0.717, 1.165) is 4.47 Å². The average Bonchev–Trinajstić information content (AvgIpc) is 2.41. The van der Waals surface area contributed by atoms with Crippen LogP contribution in [0, 0.1) is 0 Å². The zero-order chi connectivity index (χ0) is 13.8. The van der Waals surface area contributed by atoms with Crippen molar-refractivity contribution in [1.29, 1.82) is 0 Å². The van der Waals surface area contributed by atoms with Crippen LogP contribution in [0.3, 0.4) is 0 Å². The molecule has 0 spiro atoms. The van der Waals surface area contributed by atoms with Gasteiger partial charge in [0.15, 0.2) is 0 Å². The van der Waals surface area contributed by atoms with Crippen molar-refractivity contribution in [1.82, 2.24) is 0 Å². The van der Waals surface area contributed by atoms with Crippen LogP contribution >= 0.6 is 27.5 Å². The van der Waals surface area contributed by atoms with E-state index in [1.807, 2.05) is 6.07 Å². The lowest BCUT2D eigenvalue weighted by Gasteiger charge is -2.08. The number of carbonyl (C=O) groups is 1. The summed E-state index contributed by atoms with van der Waals surface area (Å²) >= 11 is 9.26. The lowest BCUT2D eigenvalue weighted by molar-refractivity contribution is 0.102. The van der Waals surface area contributed by atoms with Crippen molar-refractivity contribution in [3.05, 3.63) is 57.5 Å². The minimum Gasteiger partial charge on any atom is -0.495 e. The topological polar surface area (TPSA) is 38.3 Å². The number of carbonyl (C=O) groups excluding carboxylic acids is 1. The molecule has 5 heteroatoms. The molecule has 19 heavy (non-hydrogen) atoms. The van der Waals surface area contributed by atoms with Gasteiger partial charge in [-0.2, -0.15) is 0 Å². The van der Waals surface area contributed by atoms with E-state index in [4.69, 9.17) is 16.3 Å². The molecule has 0 saturated heterocycles. The number of benzene rings is 2. The summed E-state index contributed by atoms with van der Waals surface area (Å²) in [6.45, 7) is 0. The molecule has 0 radical (unpaired) electrons. The number of ether oxygens (including phenoxy) is 1. The van der Waals surface area contributed by atoms with Gasteiger partial charge < -0.3 is 10.1 Å². The van der Waals surface area contributed by atoms with Crippen molar-refractivity contribution in [2.45, 2.75) is 0 Å². The molecule has 0 atom stereocenters. The Kier molecular flexibility index (Phi) is 4.45. The second-order valence-corrected chi connectivity index (χ2v) is 5.14. The van der Waals surface area contributed by atoms with E-state index in [9.17, 15) is 4.79 Å². The normalized spacial score (nSPS) is 10.1. The molecule has 2 aromatic rings. The van der Waals surface area contributed by atoms with Crippen molar-refractivity contribution < 1.29 is 9.53 Å². The third-order valence-corrected chi connectivity index (χ3v) is 3.30. The first kappa shape index (κ1) is 13.9. The Labute approximate surface area is 124 Å². The molecule has 3 nitrogen and oxygen atoms in total. The molecule has 0 aromatic heterocycles. The van der Waals surface area contributed by atoms with Crippen molar-refractivity contribution in [3.8, 4) is 5.75 Å². The molecule has 0 bridgehead atoms. The third-order valence-electron chi connectivity index (χ3n) is 2.50. The summed E-state index contributed by atoms with van der Waals surface area (Å²) in [4.78, 5) is 12.0. The number of hydrogen-bond acceptors (Lipinski definition) is 2. The molecule has 0 unspecified atom stereocenters. The second-order valence-electron chi connectivity index (χ2n) is 3.81.